The number of carboxylic acid groups (broad SMARTS) is 1. The number of hydrogen-bond acceptors (Lipinski definition) is 7. The minimum absolute atomic E-state index is 0.0454. The van der Waals surface area contributed by atoms with Gasteiger partial charge in [0.25, 0.3) is 0 Å². The predicted octanol–water partition coefficient (Wildman–Crippen LogP) is 2.95. The summed E-state index contributed by atoms with van der Waals surface area (Å²) in [7, 11) is 2.87. The van der Waals surface area contributed by atoms with Crippen molar-refractivity contribution in [3.63, 3.8) is 0 Å². The molecule has 0 atom stereocenters. The molecular weight excluding hydrogens is 368 g/mol. The first-order valence-corrected chi connectivity index (χ1v) is 8.12. The maximum atomic E-state index is 12.6. The number of phenolic OH excluding ortho intramolecular Hbond substituents is 1. The molecule has 8 heteroatoms. The summed E-state index contributed by atoms with van der Waals surface area (Å²) in [5.74, 6) is -1.63. The van der Waals surface area contributed by atoms with Crippen molar-refractivity contribution in [3.05, 3.63) is 59.2 Å². The number of carbonyl (C=O) groups excluding carboxylic acids is 1. The van der Waals surface area contributed by atoms with Crippen LogP contribution in [0.15, 0.2) is 42.5 Å². The first-order valence-electron chi connectivity index (χ1n) is 8.12. The number of methoxy groups -OCH3 is 2. The van der Waals surface area contributed by atoms with Crippen LogP contribution in [0.2, 0.25) is 0 Å². The highest BCUT2D eigenvalue weighted by atomic mass is 16.7. The molecule has 0 bridgehead atoms. The molecule has 0 saturated heterocycles. The molecule has 2 N–H and O–H groups in total. The van der Waals surface area contributed by atoms with Crippen molar-refractivity contribution in [2.24, 2.45) is 0 Å². The Bertz CT molecular complexity index is 873. The summed E-state index contributed by atoms with van der Waals surface area (Å²) in [4.78, 5) is 23.7. The summed E-state index contributed by atoms with van der Waals surface area (Å²) >= 11 is 0. The summed E-state index contributed by atoms with van der Waals surface area (Å²) in [5, 5.41) is 19.3. The van der Waals surface area contributed by atoms with Gasteiger partial charge in [-0.05, 0) is 23.8 Å². The standard InChI is InChI=1S/C20H20O8/c1-25-11-27-15-9-17(22)19(18(10-15)28-12-26-2)16(21)7-6-13-4-3-5-14(8-13)20(23)24/h3-10,22H,11-12H2,1-2H3,(H,23,24)/b7-6+. The van der Waals surface area contributed by atoms with Crippen LogP contribution in [0.25, 0.3) is 6.08 Å². The van der Waals surface area contributed by atoms with Gasteiger partial charge in [0.1, 0.15) is 22.8 Å². The number of ketones is 1. The summed E-state index contributed by atoms with van der Waals surface area (Å²) < 4.78 is 20.3. The third-order valence-corrected chi connectivity index (χ3v) is 3.54. The number of aromatic hydroxyl groups is 1. The lowest BCUT2D eigenvalue weighted by atomic mass is 10.1. The van der Waals surface area contributed by atoms with Gasteiger partial charge in [0, 0.05) is 26.4 Å². The molecule has 0 unspecified atom stereocenters. The third-order valence-electron chi connectivity index (χ3n) is 3.54. The van der Waals surface area contributed by atoms with E-state index in [1.54, 1.807) is 12.1 Å². The van der Waals surface area contributed by atoms with E-state index in [0.29, 0.717) is 5.56 Å². The second kappa shape index (κ2) is 10.1. The zero-order valence-corrected chi connectivity index (χ0v) is 15.4. The number of benzene rings is 2. The Morgan fingerprint density at radius 2 is 1.75 bits per heavy atom. The van der Waals surface area contributed by atoms with Crippen LogP contribution >= 0.6 is 0 Å². The van der Waals surface area contributed by atoms with Crippen molar-refractivity contribution in [1.82, 2.24) is 0 Å². The Morgan fingerprint density at radius 1 is 1.04 bits per heavy atom. The van der Waals surface area contributed by atoms with Gasteiger partial charge in [-0.1, -0.05) is 18.2 Å². The molecule has 0 fully saturated rings. The molecule has 0 aliphatic carbocycles. The fraction of sp³-hybridized carbons (Fsp3) is 0.200. The highest BCUT2D eigenvalue weighted by Crippen LogP contribution is 2.34. The van der Waals surface area contributed by atoms with Crippen molar-refractivity contribution in [2.45, 2.75) is 0 Å². The van der Waals surface area contributed by atoms with Crippen LogP contribution in [0.4, 0.5) is 0 Å². The number of rotatable bonds is 10. The Kier molecular flexibility index (Phi) is 7.55. The van der Waals surface area contributed by atoms with E-state index in [4.69, 9.17) is 24.1 Å². The van der Waals surface area contributed by atoms with E-state index in [9.17, 15) is 14.7 Å². The molecule has 0 saturated carbocycles. The molecule has 0 amide bonds. The minimum atomic E-state index is -1.07. The van der Waals surface area contributed by atoms with E-state index in [-0.39, 0.29) is 42.0 Å². The van der Waals surface area contributed by atoms with Gasteiger partial charge in [-0.25, -0.2) is 4.79 Å². The van der Waals surface area contributed by atoms with Crippen LogP contribution in [0.3, 0.4) is 0 Å². The van der Waals surface area contributed by atoms with E-state index in [1.165, 1.54) is 50.6 Å². The Balaban J connectivity index is 2.32. The summed E-state index contributed by atoms with van der Waals surface area (Å²) in [5.41, 5.74) is 0.542. The largest absolute Gasteiger partial charge is 0.507 e. The number of carbonyl (C=O) groups is 2. The molecule has 0 heterocycles. The van der Waals surface area contributed by atoms with E-state index < -0.39 is 11.8 Å². The Labute approximate surface area is 161 Å². The van der Waals surface area contributed by atoms with E-state index in [2.05, 4.69) is 0 Å². The molecule has 0 aromatic heterocycles. The van der Waals surface area contributed by atoms with E-state index >= 15 is 0 Å². The molecule has 2 aromatic carbocycles. The molecule has 2 aromatic rings. The minimum Gasteiger partial charge on any atom is -0.507 e. The molecular formula is C20H20O8. The first-order chi connectivity index (χ1) is 13.5. The number of carboxylic acids is 1. The monoisotopic (exact) mass is 388 g/mol. The Morgan fingerprint density at radius 3 is 2.43 bits per heavy atom. The van der Waals surface area contributed by atoms with Gasteiger partial charge in [-0.2, -0.15) is 0 Å². The van der Waals surface area contributed by atoms with Gasteiger partial charge in [0.05, 0.1) is 5.56 Å². The van der Waals surface area contributed by atoms with Crippen LogP contribution in [-0.4, -0.2) is 49.8 Å². The van der Waals surface area contributed by atoms with Crippen LogP contribution in [-0.2, 0) is 9.47 Å². The summed E-state index contributed by atoms with van der Waals surface area (Å²) in [6, 6.07) is 8.80. The van der Waals surface area contributed by atoms with Gasteiger partial charge in [-0.3, -0.25) is 4.79 Å². The number of ether oxygens (including phenoxy) is 4. The lowest BCUT2D eigenvalue weighted by molar-refractivity contribution is 0.0453. The molecule has 2 rings (SSSR count). The molecule has 0 spiro atoms. The predicted molar refractivity (Wildman–Crippen MR) is 99.9 cm³/mol. The molecule has 0 aliphatic rings. The second-order valence-corrected chi connectivity index (χ2v) is 5.55. The summed E-state index contributed by atoms with van der Waals surface area (Å²) in [6.45, 7) is -0.186. The van der Waals surface area contributed by atoms with Gasteiger partial charge in [0.2, 0.25) is 0 Å². The van der Waals surface area contributed by atoms with Crippen molar-refractivity contribution in [2.75, 3.05) is 27.8 Å². The lowest BCUT2D eigenvalue weighted by Gasteiger charge is -2.13. The topological polar surface area (TPSA) is 112 Å². The van der Waals surface area contributed by atoms with Crippen molar-refractivity contribution < 1.29 is 38.7 Å². The maximum absolute atomic E-state index is 12.6. The highest BCUT2D eigenvalue weighted by Gasteiger charge is 2.18. The first kappa shape index (κ1) is 20.9. The number of phenols is 1. The fourth-order valence-corrected chi connectivity index (χ4v) is 2.30. The van der Waals surface area contributed by atoms with Crippen LogP contribution in [0.5, 0.6) is 17.2 Å². The lowest BCUT2D eigenvalue weighted by Crippen LogP contribution is -2.07. The number of allylic oxidation sites excluding steroid dienone is 1. The SMILES string of the molecule is COCOc1cc(O)c(C(=O)/C=C/c2cccc(C(=O)O)c2)c(OCOC)c1. The zero-order valence-electron chi connectivity index (χ0n) is 15.4. The van der Waals surface area contributed by atoms with Gasteiger partial charge in [0.15, 0.2) is 19.4 Å². The van der Waals surface area contributed by atoms with Gasteiger partial charge >= 0.3 is 5.97 Å². The Hall–Kier alpha value is -3.36. The smallest absolute Gasteiger partial charge is 0.335 e. The normalized spacial score (nSPS) is 10.8. The maximum Gasteiger partial charge on any atom is 0.335 e. The van der Waals surface area contributed by atoms with Gasteiger partial charge < -0.3 is 29.2 Å². The highest BCUT2D eigenvalue weighted by molar-refractivity contribution is 6.10. The second-order valence-electron chi connectivity index (χ2n) is 5.55. The number of aromatic carboxylic acids is 1. The molecule has 0 aliphatic heterocycles. The molecule has 0 radical (unpaired) electrons. The van der Waals surface area contributed by atoms with Crippen LogP contribution in [0.1, 0.15) is 26.3 Å². The van der Waals surface area contributed by atoms with Crippen molar-refractivity contribution >= 4 is 17.8 Å². The quantitative estimate of drug-likeness (QED) is 0.363. The molecule has 28 heavy (non-hydrogen) atoms. The summed E-state index contributed by atoms with van der Waals surface area (Å²) in [6.07, 6.45) is 2.66. The van der Waals surface area contributed by atoms with E-state index in [1.807, 2.05) is 0 Å². The molecule has 8 nitrogen and oxygen atoms in total. The molecule has 148 valence electrons. The average molecular weight is 388 g/mol. The average Bonchev–Trinajstić information content (AvgIpc) is 2.68. The fourth-order valence-electron chi connectivity index (χ4n) is 2.30. The zero-order chi connectivity index (χ0) is 20.5. The van der Waals surface area contributed by atoms with Crippen molar-refractivity contribution in [1.29, 1.82) is 0 Å². The number of hydrogen-bond donors (Lipinski definition) is 2. The van der Waals surface area contributed by atoms with E-state index in [0.717, 1.165) is 0 Å². The third kappa shape index (κ3) is 5.57. The van der Waals surface area contributed by atoms with Crippen LogP contribution in [0, 0.1) is 0 Å². The van der Waals surface area contributed by atoms with Gasteiger partial charge in [-0.15, -0.1) is 0 Å². The van der Waals surface area contributed by atoms with Crippen molar-refractivity contribution in [3.8, 4) is 17.2 Å². The van der Waals surface area contributed by atoms with Crippen LogP contribution < -0.4 is 9.47 Å².